The highest BCUT2D eigenvalue weighted by Crippen LogP contribution is 2.20. The van der Waals surface area contributed by atoms with Crippen molar-refractivity contribution in [1.29, 1.82) is 0 Å². The summed E-state index contributed by atoms with van der Waals surface area (Å²) in [5.74, 6) is 0.846. The molecule has 2 rings (SSSR count). The zero-order chi connectivity index (χ0) is 12.8. The topological polar surface area (TPSA) is 15.3 Å². The van der Waals surface area contributed by atoms with E-state index in [9.17, 15) is 0 Å². The van der Waals surface area contributed by atoms with Gasteiger partial charge in [-0.05, 0) is 49.5 Å². The largest absolute Gasteiger partial charge is 0.317 e. The Morgan fingerprint density at radius 3 is 2.72 bits per heavy atom. The van der Waals surface area contributed by atoms with Crippen LogP contribution < -0.4 is 5.32 Å². The molecule has 1 saturated heterocycles. The lowest BCUT2D eigenvalue weighted by atomic mass is 10.1. The molecule has 18 heavy (non-hydrogen) atoms. The SMILES string of the molecule is CCNCC1CCN(Cc2ccccc2CC)C1. The Kier molecular flexibility index (Phi) is 5.21. The molecule has 100 valence electrons. The highest BCUT2D eigenvalue weighted by molar-refractivity contribution is 5.27. The molecule has 2 heteroatoms. The molecule has 1 heterocycles. The Hall–Kier alpha value is -0.860. The van der Waals surface area contributed by atoms with E-state index in [1.165, 1.54) is 37.2 Å². The molecule has 0 spiro atoms. The maximum Gasteiger partial charge on any atom is 0.0236 e. The van der Waals surface area contributed by atoms with E-state index in [-0.39, 0.29) is 0 Å². The second kappa shape index (κ2) is 6.91. The van der Waals surface area contributed by atoms with Crippen LogP contribution in [0.25, 0.3) is 0 Å². The molecule has 1 fully saturated rings. The summed E-state index contributed by atoms with van der Waals surface area (Å²) >= 11 is 0. The normalized spacial score (nSPS) is 20.4. The van der Waals surface area contributed by atoms with Crippen LogP contribution in [0.5, 0.6) is 0 Å². The van der Waals surface area contributed by atoms with Gasteiger partial charge in [0.1, 0.15) is 0 Å². The first-order valence-corrected chi connectivity index (χ1v) is 7.33. The Labute approximate surface area is 111 Å². The second-order valence-electron chi connectivity index (χ2n) is 5.32. The Balaban J connectivity index is 1.87. The van der Waals surface area contributed by atoms with Gasteiger partial charge in [0.15, 0.2) is 0 Å². The van der Waals surface area contributed by atoms with Crippen molar-refractivity contribution in [1.82, 2.24) is 10.2 Å². The number of hydrogen-bond acceptors (Lipinski definition) is 2. The third kappa shape index (κ3) is 3.56. The van der Waals surface area contributed by atoms with Crippen LogP contribution in [0.1, 0.15) is 31.4 Å². The lowest BCUT2D eigenvalue weighted by Crippen LogP contribution is -2.26. The molecule has 1 atom stereocenters. The van der Waals surface area contributed by atoms with Crippen LogP contribution in [-0.2, 0) is 13.0 Å². The highest BCUT2D eigenvalue weighted by atomic mass is 15.1. The van der Waals surface area contributed by atoms with Gasteiger partial charge in [-0.3, -0.25) is 4.90 Å². The smallest absolute Gasteiger partial charge is 0.0236 e. The number of benzene rings is 1. The van der Waals surface area contributed by atoms with Gasteiger partial charge in [-0.1, -0.05) is 38.1 Å². The fraction of sp³-hybridized carbons (Fsp3) is 0.625. The van der Waals surface area contributed by atoms with Crippen molar-refractivity contribution < 1.29 is 0 Å². The highest BCUT2D eigenvalue weighted by Gasteiger charge is 2.22. The minimum absolute atomic E-state index is 0.846. The van der Waals surface area contributed by atoms with E-state index in [0.717, 1.165) is 25.4 Å². The molecule has 0 aromatic heterocycles. The van der Waals surface area contributed by atoms with Gasteiger partial charge in [-0.25, -0.2) is 0 Å². The fourth-order valence-electron chi connectivity index (χ4n) is 2.87. The number of aryl methyl sites for hydroxylation is 1. The summed E-state index contributed by atoms with van der Waals surface area (Å²) in [6, 6.07) is 8.87. The van der Waals surface area contributed by atoms with Gasteiger partial charge < -0.3 is 5.32 Å². The van der Waals surface area contributed by atoms with Gasteiger partial charge in [-0.2, -0.15) is 0 Å². The van der Waals surface area contributed by atoms with Gasteiger partial charge in [0.2, 0.25) is 0 Å². The third-order valence-corrected chi connectivity index (χ3v) is 3.95. The van der Waals surface area contributed by atoms with Gasteiger partial charge >= 0.3 is 0 Å². The summed E-state index contributed by atoms with van der Waals surface area (Å²) in [5, 5.41) is 3.47. The van der Waals surface area contributed by atoms with Gasteiger partial charge in [0, 0.05) is 13.1 Å². The maximum atomic E-state index is 3.47. The van der Waals surface area contributed by atoms with E-state index in [1.807, 2.05) is 0 Å². The zero-order valence-electron chi connectivity index (χ0n) is 11.8. The van der Waals surface area contributed by atoms with Gasteiger partial charge in [0.25, 0.3) is 0 Å². The van der Waals surface area contributed by atoms with Crippen LogP contribution in [0.15, 0.2) is 24.3 Å². The van der Waals surface area contributed by atoms with Gasteiger partial charge in [-0.15, -0.1) is 0 Å². The molecule has 2 nitrogen and oxygen atoms in total. The summed E-state index contributed by atoms with van der Waals surface area (Å²) in [5.41, 5.74) is 3.02. The molecule has 1 aromatic carbocycles. The van der Waals surface area contributed by atoms with Crippen molar-refractivity contribution in [2.24, 2.45) is 5.92 Å². The molecule has 0 amide bonds. The van der Waals surface area contributed by atoms with Crippen molar-refractivity contribution in [2.75, 3.05) is 26.2 Å². The average Bonchev–Trinajstić information content (AvgIpc) is 2.84. The predicted octanol–water partition coefficient (Wildman–Crippen LogP) is 2.68. The molecule has 1 aliphatic rings. The van der Waals surface area contributed by atoms with E-state index >= 15 is 0 Å². The van der Waals surface area contributed by atoms with E-state index in [0.29, 0.717) is 0 Å². The van der Waals surface area contributed by atoms with Crippen LogP contribution in [0.2, 0.25) is 0 Å². The molecule has 0 aliphatic carbocycles. The van der Waals surface area contributed by atoms with Crippen LogP contribution in [0.3, 0.4) is 0 Å². The van der Waals surface area contributed by atoms with Crippen LogP contribution in [-0.4, -0.2) is 31.1 Å². The van der Waals surface area contributed by atoms with Crippen LogP contribution in [0, 0.1) is 5.92 Å². The minimum Gasteiger partial charge on any atom is -0.317 e. The van der Waals surface area contributed by atoms with Crippen molar-refractivity contribution in [3.8, 4) is 0 Å². The van der Waals surface area contributed by atoms with Crippen molar-refractivity contribution in [3.63, 3.8) is 0 Å². The summed E-state index contributed by atoms with van der Waals surface area (Å²) in [4.78, 5) is 2.61. The summed E-state index contributed by atoms with van der Waals surface area (Å²) in [6.07, 6.45) is 2.49. The van der Waals surface area contributed by atoms with Crippen molar-refractivity contribution in [3.05, 3.63) is 35.4 Å². The molecule has 0 bridgehead atoms. The lowest BCUT2D eigenvalue weighted by molar-refractivity contribution is 0.314. The maximum absolute atomic E-state index is 3.47. The van der Waals surface area contributed by atoms with Gasteiger partial charge in [0.05, 0.1) is 0 Å². The first-order valence-electron chi connectivity index (χ1n) is 7.33. The lowest BCUT2D eigenvalue weighted by Gasteiger charge is -2.18. The Bertz CT molecular complexity index is 362. The van der Waals surface area contributed by atoms with E-state index in [4.69, 9.17) is 0 Å². The number of nitrogens with one attached hydrogen (secondary N) is 1. The molecule has 1 N–H and O–H groups in total. The zero-order valence-corrected chi connectivity index (χ0v) is 11.8. The average molecular weight is 246 g/mol. The van der Waals surface area contributed by atoms with E-state index in [2.05, 4.69) is 48.3 Å². The van der Waals surface area contributed by atoms with E-state index in [1.54, 1.807) is 0 Å². The number of hydrogen-bond donors (Lipinski definition) is 1. The van der Waals surface area contributed by atoms with Crippen LogP contribution in [0.4, 0.5) is 0 Å². The minimum atomic E-state index is 0.846. The quantitative estimate of drug-likeness (QED) is 0.830. The molecule has 1 aromatic rings. The van der Waals surface area contributed by atoms with Crippen LogP contribution >= 0.6 is 0 Å². The van der Waals surface area contributed by atoms with Crippen molar-refractivity contribution in [2.45, 2.75) is 33.2 Å². The fourth-order valence-corrected chi connectivity index (χ4v) is 2.87. The third-order valence-electron chi connectivity index (χ3n) is 3.95. The Morgan fingerprint density at radius 1 is 1.22 bits per heavy atom. The molecular weight excluding hydrogens is 220 g/mol. The molecule has 1 unspecified atom stereocenters. The van der Waals surface area contributed by atoms with Crippen molar-refractivity contribution >= 4 is 0 Å². The number of likely N-dealkylation sites (tertiary alicyclic amines) is 1. The second-order valence-corrected chi connectivity index (χ2v) is 5.32. The molecular formula is C16H26N2. The van der Waals surface area contributed by atoms with E-state index < -0.39 is 0 Å². The summed E-state index contributed by atoms with van der Waals surface area (Å²) in [7, 11) is 0. The number of nitrogens with zero attached hydrogens (tertiary/aromatic N) is 1. The molecule has 0 saturated carbocycles. The Morgan fingerprint density at radius 2 is 2.00 bits per heavy atom. The summed E-state index contributed by atoms with van der Waals surface area (Å²) in [6.45, 7) is 10.4. The first kappa shape index (κ1) is 13.6. The predicted molar refractivity (Wildman–Crippen MR) is 77.7 cm³/mol. The monoisotopic (exact) mass is 246 g/mol. The standard InChI is InChI=1S/C16H26N2/c1-3-15-7-5-6-8-16(15)13-18-10-9-14(12-18)11-17-4-2/h5-8,14,17H,3-4,9-13H2,1-2H3. The summed E-state index contributed by atoms with van der Waals surface area (Å²) < 4.78 is 0. The number of rotatable bonds is 6. The first-order chi connectivity index (χ1) is 8.83. The molecule has 0 radical (unpaired) electrons. The molecule has 1 aliphatic heterocycles.